The molecule has 1 aliphatic rings. The zero-order valence-electron chi connectivity index (χ0n) is 18.6. The van der Waals surface area contributed by atoms with E-state index in [-0.39, 0.29) is 0 Å². The number of methoxy groups -OCH3 is 2. The van der Waals surface area contributed by atoms with Gasteiger partial charge in [-0.2, -0.15) is 0 Å². The Kier molecular flexibility index (Phi) is 7.76. The molecule has 8 nitrogen and oxygen atoms in total. The summed E-state index contributed by atoms with van der Waals surface area (Å²) in [7, 11) is 2.37. The summed E-state index contributed by atoms with van der Waals surface area (Å²) < 4.78 is 15.8. The van der Waals surface area contributed by atoms with Crippen molar-refractivity contribution in [1.82, 2.24) is 4.90 Å². The molecule has 1 heterocycles. The minimum absolute atomic E-state index is 0.354. The van der Waals surface area contributed by atoms with Crippen LogP contribution in [0.1, 0.15) is 48.0 Å². The van der Waals surface area contributed by atoms with Gasteiger partial charge in [0.25, 0.3) is 5.78 Å². The van der Waals surface area contributed by atoms with Gasteiger partial charge in [-0.25, -0.2) is 9.59 Å². The number of ether oxygens (including phenoxy) is 3. The lowest BCUT2D eigenvalue weighted by Crippen LogP contribution is -2.52. The Hall–Kier alpha value is -2.22. The fraction of sp³-hybridized carbons (Fsp3) is 0.714. The summed E-state index contributed by atoms with van der Waals surface area (Å²) >= 11 is 0. The molecule has 1 saturated heterocycles. The van der Waals surface area contributed by atoms with Crippen LogP contribution in [0.15, 0.2) is 12.7 Å². The van der Waals surface area contributed by atoms with Gasteiger partial charge < -0.3 is 14.2 Å². The molecule has 1 amide bonds. The minimum atomic E-state index is -1.29. The zero-order chi connectivity index (χ0) is 22.7. The van der Waals surface area contributed by atoms with Crippen LogP contribution in [-0.4, -0.2) is 61.1 Å². The second kappa shape index (κ2) is 9.07. The molecular weight excluding hydrogens is 378 g/mol. The Morgan fingerprint density at radius 2 is 1.66 bits per heavy atom. The maximum Gasteiger partial charge on any atom is 0.411 e. The lowest BCUT2D eigenvalue weighted by atomic mass is 9.68. The van der Waals surface area contributed by atoms with Crippen molar-refractivity contribution in [3.8, 4) is 0 Å². The van der Waals surface area contributed by atoms with Crippen LogP contribution in [0, 0.1) is 16.7 Å². The first-order valence-electron chi connectivity index (χ1n) is 9.50. The molecular formula is C21H33NO7. The van der Waals surface area contributed by atoms with E-state index in [1.165, 1.54) is 18.9 Å². The van der Waals surface area contributed by atoms with Crippen LogP contribution in [0.4, 0.5) is 4.79 Å². The van der Waals surface area contributed by atoms with Gasteiger partial charge >= 0.3 is 12.1 Å². The van der Waals surface area contributed by atoms with E-state index < -0.39 is 58.8 Å². The number of nitrogens with zero attached hydrogens (tertiary/aromatic N) is 1. The number of hydrogen-bond acceptors (Lipinski definition) is 7. The van der Waals surface area contributed by atoms with E-state index in [1.54, 1.807) is 19.9 Å². The fourth-order valence-electron chi connectivity index (χ4n) is 4.08. The highest BCUT2D eigenvalue weighted by Gasteiger charge is 2.58. The fourth-order valence-corrected chi connectivity index (χ4v) is 4.08. The van der Waals surface area contributed by atoms with Crippen LogP contribution in [0.5, 0.6) is 0 Å². The van der Waals surface area contributed by atoms with Crippen LogP contribution in [0.2, 0.25) is 0 Å². The largest absolute Gasteiger partial charge is 0.463 e. The van der Waals surface area contributed by atoms with Crippen molar-refractivity contribution in [2.75, 3.05) is 14.2 Å². The molecule has 1 rings (SSSR count). The molecule has 0 spiro atoms. The number of ketones is 2. The second-order valence-electron chi connectivity index (χ2n) is 8.96. The standard InChI is InChI=1S/C21H33NO7/c1-10-11-13-16(29-18(20(3,4)5)22(13)19(26)28-9)21(6,7)14(12(2)23)15(24)17(25)27-8/h10,13-14,16,18H,1,11H2,2-9H3/t13?,14?,16-,18?/m0/s1. The van der Waals surface area contributed by atoms with Gasteiger partial charge in [0.05, 0.1) is 32.3 Å². The molecule has 164 valence electrons. The molecule has 0 aliphatic carbocycles. The Morgan fingerprint density at radius 3 is 2.03 bits per heavy atom. The first-order chi connectivity index (χ1) is 13.2. The number of Topliss-reactive ketones (excluding diaryl/α,β-unsaturated/α-hetero) is 2. The number of carbonyl (C=O) groups excluding carboxylic acids is 4. The normalized spacial score (nSPS) is 23.3. The highest BCUT2D eigenvalue weighted by molar-refractivity contribution is 6.38. The third kappa shape index (κ3) is 4.86. The maximum atomic E-state index is 12.7. The van der Waals surface area contributed by atoms with Crippen molar-refractivity contribution in [2.24, 2.45) is 16.7 Å². The van der Waals surface area contributed by atoms with Gasteiger partial charge in [-0.1, -0.05) is 40.7 Å². The highest BCUT2D eigenvalue weighted by atomic mass is 16.6. The summed E-state index contributed by atoms with van der Waals surface area (Å²) in [5.74, 6) is -3.79. The van der Waals surface area contributed by atoms with Crippen LogP contribution < -0.4 is 0 Å². The summed E-state index contributed by atoms with van der Waals surface area (Å²) in [4.78, 5) is 51.1. The lowest BCUT2D eigenvalue weighted by Gasteiger charge is -2.38. The molecule has 0 aromatic heterocycles. The Bertz CT molecular complexity index is 677. The van der Waals surface area contributed by atoms with Crippen molar-refractivity contribution in [3.05, 3.63) is 12.7 Å². The number of amides is 1. The first-order valence-corrected chi connectivity index (χ1v) is 9.50. The minimum Gasteiger partial charge on any atom is -0.463 e. The topological polar surface area (TPSA) is 99.2 Å². The number of rotatable bonds is 7. The second-order valence-corrected chi connectivity index (χ2v) is 8.96. The van der Waals surface area contributed by atoms with E-state index in [9.17, 15) is 19.2 Å². The average molecular weight is 411 g/mol. The van der Waals surface area contributed by atoms with Gasteiger partial charge in [-0.15, -0.1) is 6.58 Å². The number of hydrogen-bond donors (Lipinski definition) is 0. The molecule has 29 heavy (non-hydrogen) atoms. The average Bonchev–Trinajstić information content (AvgIpc) is 3.00. The van der Waals surface area contributed by atoms with E-state index in [0.29, 0.717) is 6.42 Å². The number of esters is 1. The van der Waals surface area contributed by atoms with E-state index >= 15 is 0 Å². The first kappa shape index (κ1) is 24.8. The quantitative estimate of drug-likeness (QED) is 0.275. The van der Waals surface area contributed by atoms with Crippen LogP contribution in [-0.2, 0) is 28.6 Å². The van der Waals surface area contributed by atoms with Crippen LogP contribution in [0.3, 0.4) is 0 Å². The van der Waals surface area contributed by atoms with Crippen molar-refractivity contribution in [1.29, 1.82) is 0 Å². The Morgan fingerprint density at radius 1 is 1.10 bits per heavy atom. The van der Waals surface area contributed by atoms with Crippen molar-refractivity contribution >= 4 is 23.6 Å². The molecule has 0 N–H and O–H groups in total. The van der Waals surface area contributed by atoms with Gasteiger partial charge in [0.1, 0.15) is 12.0 Å². The van der Waals surface area contributed by atoms with E-state index in [2.05, 4.69) is 11.3 Å². The van der Waals surface area contributed by atoms with Gasteiger partial charge in [0.2, 0.25) is 0 Å². The van der Waals surface area contributed by atoms with Crippen molar-refractivity contribution in [3.63, 3.8) is 0 Å². The van der Waals surface area contributed by atoms with Crippen LogP contribution in [0.25, 0.3) is 0 Å². The third-order valence-corrected chi connectivity index (χ3v) is 5.30. The SMILES string of the molecule is C=CCC1[C@@H](C(C)(C)C(C(C)=O)C(=O)C(=O)OC)OC(C(C)(C)C)N1C(=O)OC. The summed E-state index contributed by atoms with van der Waals surface area (Å²) in [6, 6.07) is -0.536. The Labute approximate surface area is 172 Å². The van der Waals surface area contributed by atoms with E-state index in [0.717, 1.165) is 7.11 Å². The molecule has 0 radical (unpaired) electrons. The summed E-state index contributed by atoms with van der Waals surface area (Å²) in [6.45, 7) is 14.1. The monoisotopic (exact) mass is 411 g/mol. The summed E-state index contributed by atoms with van der Waals surface area (Å²) in [5.41, 5.74) is -1.59. The van der Waals surface area contributed by atoms with Crippen molar-refractivity contribution < 1.29 is 33.4 Å². The predicted octanol–water partition coefficient (Wildman–Crippen LogP) is 2.74. The van der Waals surface area contributed by atoms with Gasteiger partial charge in [0, 0.05) is 10.8 Å². The zero-order valence-corrected chi connectivity index (χ0v) is 18.6. The van der Waals surface area contributed by atoms with Crippen LogP contribution >= 0.6 is 0 Å². The summed E-state index contributed by atoms with van der Waals surface area (Å²) in [6.07, 6.45) is 0.0283. The van der Waals surface area contributed by atoms with E-state index in [4.69, 9.17) is 9.47 Å². The maximum absolute atomic E-state index is 12.7. The van der Waals surface area contributed by atoms with Gasteiger partial charge in [0.15, 0.2) is 0 Å². The Balaban J connectivity index is 3.54. The smallest absolute Gasteiger partial charge is 0.411 e. The predicted molar refractivity (Wildman–Crippen MR) is 106 cm³/mol. The molecule has 0 aromatic rings. The lowest BCUT2D eigenvalue weighted by molar-refractivity contribution is -0.161. The van der Waals surface area contributed by atoms with E-state index in [1.807, 2.05) is 20.8 Å². The molecule has 1 fully saturated rings. The third-order valence-electron chi connectivity index (χ3n) is 5.30. The van der Waals surface area contributed by atoms with Crippen molar-refractivity contribution in [2.45, 2.75) is 66.3 Å². The molecule has 0 aromatic carbocycles. The molecule has 0 saturated carbocycles. The molecule has 1 aliphatic heterocycles. The highest BCUT2D eigenvalue weighted by Crippen LogP contribution is 2.46. The van der Waals surface area contributed by atoms with Gasteiger partial charge in [-0.05, 0) is 13.3 Å². The number of carbonyl (C=O) groups is 4. The molecule has 8 heteroatoms. The molecule has 0 bridgehead atoms. The summed E-state index contributed by atoms with van der Waals surface area (Å²) in [5, 5.41) is 0. The molecule has 4 atom stereocenters. The molecule has 3 unspecified atom stereocenters. The van der Waals surface area contributed by atoms with Gasteiger partial charge in [-0.3, -0.25) is 14.5 Å².